The van der Waals surface area contributed by atoms with Crippen LogP contribution in [-0.4, -0.2) is 16.4 Å². The van der Waals surface area contributed by atoms with Crippen molar-refractivity contribution in [3.63, 3.8) is 0 Å². The minimum absolute atomic E-state index is 0.00872. The van der Waals surface area contributed by atoms with E-state index >= 15 is 0 Å². The number of hydrogen-bond donors (Lipinski definition) is 2. The Morgan fingerprint density at radius 3 is 2.74 bits per heavy atom. The molecule has 1 atom stereocenters. The van der Waals surface area contributed by atoms with E-state index in [9.17, 15) is 0 Å². The fourth-order valence-electron chi connectivity index (χ4n) is 1.92. The second-order valence-corrected chi connectivity index (χ2v) is 5.03. The van der Waals surface area contributed by atoms with Crippen LogP contribution in [0.25, 0.3) is 0 Å². The fourth-order valence-corrected chi connectivity index (χ4v) is 2.55. The third-order valence-electron chi connectivity index (χ3n) is 2.89. The van der Waals surface area contributed by atoms with Gasteiger partial charge in [-0.15, -0.1) is 0 Å². The van der Waals surface area contributed by atoms with Gasteiger partial charge in [-0.05, 0) is 28.1 Å². The highest BCUT2D eigenvalue weighted by Crippen LogP contribution is 2.24. The zero-order valence-electron chi connectivity index (χ0n) is 10.7. The van der Waals surface area contributed by atoms with Crippen LogP contribution in [0.5, 0.6) is 5.75 Å². The van der Waals surface area contributed by atoms with Gasteiger partial charge in [0.15, 0.2) is 0 Å². The van der Waals surface area contributed by atoms with Crippen molar-refractivity contribution < 1.29 is 4.74 Å². The van der Waals surface area contributed by atoms with Crippen LogP contribution in [-0.2, 0) is 7.05 Å². The number of hydrogen-bond acceptors (Lipinski definition) is 4. The zero-order chi connectivity index (χ0) is 13.7. The number of nitrogens with one attached hydrogen (secondary N) is 1. The molecule has 2 rings (SSSR count). The normalized spacial score (nSPS) is 12.4. The van der Waals surface area contributed by atoms with E-state index in [0.29, 0.717) is 6.61 Å². The minimum Gasteiger partial charge on any atom is -0.494 e. The van der Waals surface area contributed by atoms with Gasteiger partial charge in [0.1, 0.15) is 5.75 Å². The Bertz CT molecular complexity index is 495. The van der Waals surface area contributed by atoms with Crippen molar-refractivity contribution in [2.75, 3.05) is 6.61 Å². The number of ether oxygens (including phenoxy) is 1. The van der Waals surface area contributed by atoms with Gasteiger partial charge in [0.2, 0.25) is 0 Å². The van der Waals surface area contributed by atoms with Crippen LogP contribution in [0, 0.1) is 0 Å². The molecule has 0 fully saturated rings. The van der Waals surface area contributed by atoms with Crippen molar-refractivity contribution in [3.8, 4) is 5.75 Å². The largest absolute Gasteiger partial charge is 0.494 e. The number of nitrogens with zero attached hydrogens (tertiary/aromatic N) is 2. The lowest BCUT2D eigenvalue weighted by atomic mass is 10.1. The Labute approximate surface area is 120 Å². The lowest BCUT2D eigenvalue weighted by Crippen LogP contribution is -2.31. The summed E-state index contributed by atoms with van der Waals surface area (Å²) in [4.78, 5) is 0. The molecular weight excluding hydrogens is 308 g/mol. The minimum atomic E-state index is -0.00872. The van der Waals surface area contributed by atoms with Crippen molar-refractivity contribution in [1.29, 1.82) is 0 Å². The molecule has 5 nitrogen and oxygen atoms in total. The van der Waals surface area contributed by atoms with Crippen LogP contribution in [0.3, 0.4) is 0 Å². The molecule has 0 saturated carbocycles. The molecule has 1 aromatic heterocycles. The quantitative estimate of drug-likeness (QED) is 0.631. The summed E-state index contributed by atoms with van der Waals surface area (Å²) in [5.41, 5.74) is 3.81. The predicted octanol–water partition coefficient (Wildman–Crippen LogP) is 2.16. The summed E-state index contributed by atoms with van der Waals surface area (Å²) in [5, 5.41) is 4.18. The molecule has 3 N–H and O–H groups in total. The number of aryl methyl sites for hydroxylation is 1. The Hall–Kier alpha value is -1.37. The molecule has 1 aromatic carbocycles. The standard InChI is InChI=1S/C13H17BrN4O/c1-18-13(11(14)9-16-18)12(17-15)7-8-19-10-5-3-2-4-6-10/h2-6,9,12,17H,7-8,15H2,1H3. The summed E-state index contributed by atoms with van der Waals surface area (Å²) in [7, 11) is 1.89. The molecule has 1 unspecified atom stereocenters. The first-order valence-electron chi connectivity index (χ1n) is 6.03. The van der Waals surface area contributed by atoms with Crippen LogP contribution in [0.1, 0.15) is 18.2 Å². The average molecular weight is 325 g/mol. The van der Waals surface area contributed by atoms with Crippen molar-refractivity contribution in [3.05, 3.63) is 46.7 Å². The number of rotatable bonds is 6. The summed E-state index contributed by atoms with van der Waals surface area (Å²) < 4.78 is 8.42. The number of nitrogens with two attached hydrogens (primary N) is 1. The van der Waals surface area contributed by atoms with Gasteiger partial charge in [-0.25, -0.2) is 0 Å². The second kappa shape index (κ2) is 6.70. The predicted molar refractivity (Wildman–Crippen MR) is 77.5 cm³/mol. The summed E-state index contributed by atoms with van der Waals surface area (Å²) >= 11 is 3.48. The maximum Gasteiger partial charge on any atom is 0.119 e. The molecule has 6 heteroatoms. The van der Waals surface area contributed by atoms with E-state index in [2.05, 4.69) is 26.5 Å². The van der Waals surface area contributed by atoms with Gasteiger partial charge in [-0.2, -0.15) is 5.10 Å². The third kappa shape index (κ3) is 3.56. The number of para-hydroxylation sites is 1. The lowest BCUT2D eigenvalue weighted by molar-refractivity contribution is 0.283. The molecule has 2 aromatic rings. The molecule has 0 saturated heterocycles. The fraction of sp³-hybridized carbons (Fsp3) is 0.308. The van der Waals surface area contributed by atoms with Crippen molar-refractivity contribution in [1.82, 2.24) is 15.2 Å². The average Bonchev–Trinajstić information content (AvgIpc) is 2.76. The number of aromatic nitrogens is 2. The molecule has 0 aliphatic rings. The maximum absolute atomic E-state index is 5.68. The molecule has 19 heavy (non-hydrogen) atoms. The molecule has 0 bridgehead atoms. The lowest BCUT2D eigenvalue weighted by Gasteiger charge is -2.17. The van der Waals surface area contributed by atoms with Gasteiger partial charge < -0.3 is 4.74 Å². The van der Waals surface area contributed by atoms with E-state index in [4.69, 9.17) is 10.6 Å². The van der Waals surface area contributed by atoms with Crippen LogP contribution >= 0.6 is 15.9 Å². The smallest absolute Gasteiger partial charge is 0.119 e. The van der Waals surface area contributed by atoms with Crippen molar-refractivity contribution in [2.24, 2.45) is 12.9 Å². The van der Waals surface area contributed by atoms with Gasteiger partial charge in [-0.3, -0.25) is 16.0 Å². The van der Waals surface area contributed by atoms with Gasteiger partial charge in [0, 0.05) is 13.5 Å². The molecule has 0 aliphatic carbocycles. The molecule has 0 aliphatic heterocycles. The van der Waals surface area contributed by atoms with E-state index in [-0.39, 0.29) is 6.04 Å². The Morgan fingerprint density at radius 2 is 2.16 bits per heavy atom. The first-order valence-corrected chi connectivity index (χ1v) is 6.83. The first-order chi connectivity index (χ1) is 9.22. The highest BCUT2D eigenvalue weighted by molar-refractivity contribution is 9.10. The van der Waals surface area contributed by atoms with E-state index in [0.717, 1.165) is 22.3 Å². The monoisotopic (exact) mass is 324 g/mol. The van der Waals surface area contributed by atoms with Gasteiger partial charge >= 0.3 is 0 Å². The van der Waals surface area contributed by atoms with Gasteiger partial charge in [0.25, 0.3) is 0 Å². The molecular formula is C13H17BrN4O. The third-order valence-corrected chi connectivity index (χ3v) is 3.50. The van der Waals surface area contributed by atoms with Crippen LogP contribution < -0.4 is 16.0 Å². The molecule has 102 valence electrons. The van der Waals surface area contributed by atoms with Gasteiger partial charge in [0.05, 0.1) is 29.0 Å². The second-order valence-electron chi connectivity index (χ2n) is 4.17. The maximum atomic E-state index is 5.68. The highest BCUT2D eigenvalue weighted by atomic mass is 79.9. The van der Waals surface area contributed by atoms with Crippen LogP contribution in [0.2, 0.25) is 0 Å². The Balaban J connectivity index is 1.94. The zero-order valence-corrected chi connectivity index (χ0v) is 12.3. The van der Waals surface area contributed by atoms with Crippen molar-refractivity contribution in [2.45, 2.75) is 12.5 Å². The SMILES string of the molecule is Cn1ncc(Br)c1C(CCOc1ccccc1)NN. The summed E-state index contributed by atoms with van der Waals surface area (Å²) in [6.45, 7) is 0.580. The number of benzene rings is 1. The van der Waals surface area contributed by atoms with Crippen LogP contribution in [0.15, 0.2) is 41.0 Å². The van der Waals surface area contributed by atoms with E-state index in [1.54, 1.807) is 10.9 Å². The summed E-state index contributed by atoms with van der Waals surface area (Å²) in [6, 6.07) is 9.72. The summed E-state index contributed by atoms with van der Waals surface area (Å²) in [5.74, 6) is 6.48. The van der Waals surface area contributed by atoms with Crippen LogP contribution in [0.4, 0.5) is 0 Å². The van der Waals surface area contributed by atoms with E-state index in [1.165, 1.54) is 0 Å². The number of hydrazine groups is 1. The van der Waals surface area contributed by atoms with Crippen molar-refractivity contribution >= 4 is 15.9 Å². The number of halogens is 1. The highest BCUT2D eigenvalue weighted by Gasteiger charge is 2.17. The summed E-state index contributed by atoms with van der Waals surface area (Å²) in [6.07, 6.45) is 2.52. The molecule has 0 spiro atoms. The Kier molecular flexibility index (Phi) is 4.95. The molecule has 0 amide bonds. The topological polar surface area (TPSA) is 65.1 Å². The Morgan fingerprint density at radius 1 is 1.42 bits per heavy atom. The van der Waals surface area contributed by atoms with E-state index in [1.807, 2.05) is 37.4 Å². The molecule has 0 radical (unpaired) electrons. The van der Waals surface area contributed by atoms with Gasteiger partial charge in [-0.1, -0.05) is 18.2 Å². The molecule has 1 heterocycles. The first kappa shape index (κ1) is 14.0. The van der Waals surface area contributed by atoms with E-state index < -0.39 is 0 Å².